The molecule has 10 heteroatoms. The number of aliphatic hydroxyl groups excluding tert-OH is 3. The number of carbonyl (C=O) groups excluding carboxylic acids is 1. The Balaban J connectivity index is 1.86. The molecule has 0 bridgehead atoms. The van der Waals surface area contributed by atoms with Crippen molar-refractivity contribution in [1.29, 1.82) is 0 Å². The molecule has 4 N–H and O–H groups in total. The summed E-state index contributed by atoms with van der Waals surface area (Å²) in [6.07, 6.45) is -5.00. The lowest BCUT2D eigenvalue weighted by Gasteiger charge is -2.42. The van der Waals surface area contributed by atoms with Gasteiger partial charge in [-0.2, -0.15) is 0 Å². The van der Waals surface area contributed by atoms with Gasteiger partial charge in [-0.1, -0.05) is 11.3 Å². The number of carbonyl (C=O) groups is 1. The first-order chi connectivity index (χ1) is 11.9. The summed E-state index contributed by atoms with van der Waals surface area (Å²) in [5.41, 5.74) is 0.411. The largest absolute Gasteiger partial charge is 0.463 e. The summed E-state index contributed by atoms with van der Waals surface area (Å²) in [4.78, 5) is 22.2. The van der Waals surface area contributed by atoms with Gasteiger partial charge in [0.25, 0.3) is 0 Å². The number of hydrogen-bond donors (Lipinski definition) is 4. The van der Waals surface area contributed by atoms with Gasteiger partial charge in [-0.25, -0.2) is 4.79 Å². The predicted octanol–water partition coefficient (Wildman–Crippen LogP) is -0.823. The minimum absolute atomic E-state index is 0.310. The Hall–Kier alpha value is -1.98. The topological polar surface area (TPSA) is 138 Å². The van der Waals surface area contributed by atoms with Crippen LogP contribution in [0.15, 0.2) is 27.4 Å². The van der Waals surface area contributed by atoms with Gasteiger partial charge in [0.1, 0.15) is 35.7 Å². The molecule has 1 aromatic heterocycles. The van der Waals surface area contributed by atoms with Crippen LogP contribution in [0.4, 0.5) is 0 Å². The van der Waals surface area contributed by atoms with Crippen molar-refractivity contribution < 1.29 is 34.0 Å². The van der Waals surface area contributed by atoms with E-state index in [1.807, 2.05) is 0 Å². The molecule has 1 amide bonds. The Morgan fingerprint density at radius 2 is 2.12 bits per heavy atom. The highest BCUT2D eigenvalue weighted by Gasteiger charge is 2.46. The van der Waals surface area contributed by atoms with E-state index in [0.717, 1.165) is 11.3 Å². The van der Waals surface area contributed by atoms with Gasteiger partial charge in [0, 0.05) is 13.0 Å². The van der Waals surface area contributed by atoms with Crippen LogP contribution >= 0.6 is 11.3 Å². The van der Waals surface area contributed by atoms with E-state index in [0.29, 0.717) is 16.0 Å². The second kappa shape index (κ2) is 7.10. The van der Waals surface area contributed by atoms with Gasteiger partial charge in [0.05, 0.1) is 11.3 Å². The van der Waals surface area contributed by atoms with E-state index in [1.165, 1.54) is 13.0 Å². The number of fused-ring (bicyclic) bond motifs is 1. The first-order valence-electron chi connectivity index (χ1n) is 7.49. The number of benzene rings is 1. The first kappa shape index (κ1) is 17.8. The second-order valence-electron chi connectivity index (χ2n) is 5.61. The first-order valence-corrected chi connectivity index (χ1v) is 8.30. The third kappa shape index (κ3) is 3.67. The Kier molecular flexibility index (Phi) is 5.06. The van der Waals surface area contributed by atoms with Gasteiger partial charge >= 0.3 is 4.94 Å². The summed E-state index contributed by atoms with van der Waals surface area (Å²) in [6.45, 7) is 0.719. The molecule has 1 aromatic carbocycles. The molecular formula is C15H17NO8S. The fraction of sp³-hybridized carbons (Fsp3) is 0.467. The van der Waals surface area contributed by atoms with Gasteiger partial charge in [-0.05, 0) is 12.1 Å². The van der Waals surface area contributed by atoms with Crippen molar-refractivity contribution in [3.63, 3.8) is 0 Å². The molecule has 3 rings (SSSR count). The summed E-state index contributed by atoms with van der Waals surface area (Å²) >= 11 is 0.904. The van der Waals surface area contributed by atoms with Crippen molar-refractivity contribution in [1.82, 2.24) is 5.32 Å². The highest BCUT2D eigenvalue weighted by molar-refractivity contribution is 7.16. The molecule has 9 nitrogen and oxygen atoms in total. The normalized spacial score (nSPS) is 29.5. The van der Waals surface area contributed by atoms with Crippen LogP contribution in [0.3, 0.4) is 0 Å². The maximum atomic E-state index is 11.4. The zero-order valence-electron chi connectivity index (χ0n) is 13.1. The number of amides is 1. The summed E-state index contributed by atoms with van der Waals surface area (Å²) in [5, 5.41) is 31.9. The van der Waals surface area contributed by atoms with Crippen LogP contribution in [-0.4, -0.2) is 58.5 Å². The van der Waals surface area contributed by atoms with E-state index in [9.17, 15) is 24.9 Å². The monoisotopic (exact) mass is 371 g/mol. The molecule has 2 aromatic rings. The summed E-state index contributed by atoms with van der Waals surface area (Å²) in [7, 11) is 0. The Labute approximate surface area is 145 Å². The molecule has 2 heterocycles. The molecule has 1 fully saturated rings. The molecule has 1 aliphatic heterocycles. The van der Waals surface area contributed by atoms with E-state index in [2.05, 4.69) is 5.32 Å². The number of hydrogen-bond acceptors (Lipinski definition) is 9. The van der Waals surface area contributed by atoms with E-state index >= 15 is 0 Å². The Bertz CT molecular complexity index is 817. The molecule has 0 spiro atoms. The Morgan fingerprint density at radius 1 is 1.36 bits per heavy atom. The molecule has 25 heavy (non-hydrogen) atoms. The van der Waals surface area contributed by atoms with Crippen molar-refractivity contribution in [2.24, 2.45) is 0 Å². The molecule has 5 atom stereocenters. The molecule has 1 aliphatic rings. The number of rotatable bonds is 4. The summed E-state index contributed by atoms with van der Waals surface area (Å²) < 4.78 is 16.7. The minimum atomic E-state index is -1.39. The van der Waals surface area contributed by atoms with Crippen LogP contribution in [0.1, 0.15) is 6.92 Å². The number of ether oxygens (including phenoxy) is 2. The van der Waals surface area contributed by atoms with E-state index in [-0.39, 0.29) is 0 Å². The van der Waals surface area contributed by atoms with Gasteiger partial charge < -0.3 is 34.5 Å². The molecule has 136 valence electrons. The van der Waals surface area contributed by atoms with Crippen molar-refractivity contribution in [3.05, 3.63) is 27.9 Å². The van der Waals surface area contributed by atoms with Gasteiger partial charge in [0.15, 0.2) is 0 Å². The van der Waals surface area contributed by atoms with Crippen molar-refractivity contribution in [2.75, 3.05) is 6.61 Å². The molecular weight excluding hydrogens is 354 g/mol. The van der Waals surface area contributed by atoms with Crippen LogP contribution in [0.25, 0.3) is 10.3 Å². The molecule has 0 radical (unpaired) electrons. The molecule has 0 unspecified atom stereocenters. The van der Waals surface area contributed by atoms with Crippen LogP contribution in [0.5, 0.6) is 5.75 Å². The van der Waals surface area contributed by atoms with Gasteiger partial charge in [-0.15, -0.1) is 0 Å². The zero-order chi connectivity index (χ0) is 18.1. The third-order valence-electron chi connectivity index (χ3n) is 3.80. The molecule has 0 aliphatic carbocycles. The van der Waals surface area contributed by atoms with Gasteiger partial charge in [-0.3, -0.25) is 4.79 Å². The quantitative estimate of drug-likeness (QED) is 0.547. The fourth-order valence-corrected chi connectivity index (χ4v) is 3.33. The predicted molar refractivity (Wildman–Crippen MR) is 86.4 cm³/mol. The minimum Gasteiger partial charge on any atom is -0.463 e. The number of nitrogens with one attached hydrogen (secondary N) is 1. The van der Waals surface area contributed by atoms with Crippen molar-refractivity contribution >= 4 is 27.5 Å². The number of aliphatic hydroxyl groups is 3. The van der Waals surface area contributed by atoms with E-state index < -0.39 is 48.1 Å². The standard InChI is InChI=1S/C15H17NO8S/c1-6(18)16-11-13(20)12(19)9(5-17)23-14(11)22-7-2-3-8-10(4-7)25-15(21)24-8/h2-4,9,11-14,17,19-20H,5H2,1H3,(H,16,18)/t9-,11+,12+,13-,14-/m1/s1. The summed E-state index contributed by atoms with van der Waals surface area (Å²) in [6, 6.07) is 3.60. The van der Waals surface area contributed by atoms with Crippen LogP contribution in [-0.2, 0) is 9.53 Å². The van der Waals surface area contributed by atoms with E-state index in [1.54, 1.807) is 12.1 Å². The van der Waals surface area contributed by atoms with Crippen LogP contribution < -0.4 is 15.0 Å². The highest BCUT2D eigenvalue weighted by atomic mass is 32.1. The second-order valence-corrected chi connectivity index (χ2v) is 6.59. The molecule has 1 saturated heterocycles. The Morgan fingerprint density at radius 3 is 2.80 bits per heavy atom. The maximum Gasteiger partial charge on any atom is 0.396 e. The average Bonchev–Trinajstić information content (AvgIpc) is 2.93. The van der Waals surface area contributed by atoms with E-state index in [4.69, 9.17) is 13.9 Å². The third-order valence-corrected chi connectivity index (χ3v) is 4.59. The zero-order valence-corrected chi connectivity index (χ0v) is 13.9. The van der Waals surface area contributed by atoms with Crippen molar-refractivity contribution in [3.8, 4) is 5.75 Å². The SMILES string of the molecule is CC(=O)N[C@@H]1[C@H](Oc2ccc3oc(=O)sc3c2)O[C@H](CO)[C@H](O)[C@@H]1O. The summed E-state index contributed by atoms with van der Waals surface area (Å²) in [5.74, 6) is -0.135. The lowest BCUT2D eigenvalue weighted by Crippen LogP contribution is -2.65. The average molecular weight is 371 g/mol. The maximum absolute atomic E-state index is 11.4. The molecule has 0 saturated carbocycles. The smallest absolute Gasteiger partial charge is 0.396 e. The van der Waals surface area contributed by atoms with Gasteiger partial charge in [0.2, 0.25) is 12.2 Å². The lowest BCUT2D eigenvalue weighted by molar-refractivity contribution is -0.244. The van der Waals surface area contributed by atoms with Crippen molar-refractivity contribution in [2.45, 2.75) is 37.6 Å². The highest BCUT2D eigenvalue weighted by Crippen LogP contribution is 2.27. The lowest BCUT2D eigenvalue weighted by atomic mass is 9.97. The fourth-order valence-electron chi connectivity index (χ4n) is 2.63. The van der Waals surface area contributed by atoms with Crippen LogP contribution in [0, 0.1) is 0 Å². The van der Waals surface area contributed by atoms with Crippen LogP contribution in [0.2, 0.25) is 0 Å².